The van der Waals surface area contributed by atoms with Crippen molar-refractivity contribution in [3.05, 3.63) is 21.9 Å². The fraction of sp³-hybridized carbons (Fsp3) is 0.692. The van der Waals surface area contributed by atoms with Crippen LogP contribution >= 0.6 is 11.3 Å². The highest BCUT2D eigenvalue weighted by atomic mass is 32.1. The van der Waals surface area contributed by atoms with Crippen LogP contribution in [0.15, 0.2) is 12.1 Å². The van der Waals surface area contributed by atoms with Gasteiger partial charge in [0.15, 0.2) is 0 Å². The molecule has 4 heteroatoms. The molecule has 1 fully saturated rings. The number of thiophene rings is 1. The Kier molecular flexibility index (Phi) is 4.98. The van der Waals surface area contributed by atoms with E-state index in [1.54, 1.807) is 0 Å². The lowest BCUT2D eigenvalue weighted by atomic mass is 9.90. The number of nitrogens with two attached hydrogens (primary N) is 1. The summed E-state index contributed by atoms with van der Waals surface area (Å²) in [7, 11) is 0. The minimum atomic E-state index is 0.391. The van der Waals surface area contributed by atoms with E-state index < -0.39 is 0 Å². The van der Waals surface area contributed by atoms with Gasteiger partial charge in [-0.05, 0) is 43.7 Å². The Labute approximate surface area is 107 Å². The number of ether oxygens (including phenoxy) is 1. The molecule has 0 aliphatic carbocycles. The van der Waals surface area contributed by atoms with Crippen LogP contribution in [0.3, 0.4) is 0 Å². The van der Waals surface area contributed by atoms with Crippen LogP contribution in [0, 0.1) is 5.92 Å². The van der Waals surface area contributed by atoms with Crippen molar-refractivity contribution in [2.75, 3.05) is 13.2 Å². The quantitative estimate of drug-likeness (QED) is 0.625. The van der Waals surface area contributed by atoms with Crippen LogP contribution in [0.2, 0.25) is 0 Å². The normalized spacial score (nSPS) is 19.4. The minimum Gasteiger partial charge on any atom is -0.381 e. The second kappa shape index (κ2) is 6.50. The fourth-order valence-corrected chi connectivity index (χ4v) is 3.43. The highest BCUT2D eigenvalue weighted by Crippen LogP contribution is 2.24. The van der Waals surface area contributed by atoms with Gasteiger partial charge in [0.05, 0.1) is 0 Å². The summed E-state index contributed by atoms with van der Waals surface area (Å²) in [5, 5.41) is 0. The zero-order valence-corrected chi connectivity index (χ0v) is 11.3. The van der Waals surface area contributed by atoms with Crippen LogP contribution < -0.4 is 11.3 Å². The Morgan fingerprint density at radius 1 is 1.41 bits per heavy atom. The summed E-state index contributed by atoms with van der Waals surface area (Å²) in [6, 6.07) is 4.87. The molecular formula is C13H22N2OS. The summed E-state index contributed by atoms with van der Waals surface area (Å²) in [4.78, 5) is 2.90. The van der Waals surface area contributed by atoms with Crippen LogP contribution in [0.5, 0.6) is 0 Å². The second-order valence-corrected chi connectivity index (χ2v) is 5.90. The van der Waals surface area contributed by atoms with E-state index >= 15 is 0 Å². The summed E-state index contributed by atoms with van der Waals surface area (Å²) in [6.45, 7) is 3.97. The van der Waals surface area contributed by atoms with E-state index in [0.29, 0.717) is 12.0 Å². The molecule has 3 N–H and O–H groups in total. The van der Waals surface area contributed by atoms with Crippen LogP contribution in [-0.4, -0.2) is 19.3 Å². The highest BCUT2D eigenvalue weighted by molar-refractivity contribution is 7.11. The van der Waals surface area contributed by atoms with E-state index in [2.05, 4.69) is 24.5 Å². The van der Waals surface area contributed by atoms with Crippen molar-refractivity contribution < 1.29 is 4.74 Å². The van der Waals surface area contributed by atoms with Gasteiger partial charge in [-0.3, -0.25) is 11.3 Å². The largest absolute Gasteiger partial charge is 0.381 e. The van der Waals surface area contributed by atoms with E-state index in [1.807, 2.05) is 11.3 Å². The Morgan fingerprint density at radius 2 is 2.12 bits per heavy atom. The molecule has 0 spiro atoms. The molecule has 3 nitrogen and oxygen atoms in total. The predicted octanol–water partition coefficient (Wildman–Crippen LogP) is 2.11. The molecule has 1 aliphatic heterocycles. The average molecular weight is 254 g/mol. The number of hydrogen-bond acceptors (Lipinski definition) is 4. The van der Waals surface area contributed by atoms with Crippen LogP contribution in [0.1, 0.15) is 29.5 Å². The van der Waals surface area contributed by atoms with Gasteiger partial charge < -0.3 is 4.74 Å². The number of hydrazine groups is 1. The first kappa shape index (κ1) is 13.0. The summed E-state index contributed by atoms with van der Waals surface area (Å²) in [5.74, 6) is 6.36. The second-order valence-electron chi connectivity index (χ2n) is 4.65. The van der Waals surface area contributed by atoms with Crippen molar-refractivity contribution in [2.24, 2.45) is 11.8 Å². The molecule has 0 saturated carbocycles. The first-order valence-electron chi connectivity index (χ1n) is 6.45. The zero-order valence-electron chi connectivity index (χ0n) is 10.4. The Balaban J connectivity index is 1.93. The van der Waals surface area contributed by atoms with Gasteiger partial charge >= 0.3 is 0 Å². The lowest BCUT2D eigenvalue weighted by Gasteiger charge is -2.29. The van der Waals surface area contributed by atoms with E-state index in [1.165, 1.54) is 9.75 Å². The molecule has 0 bridgehead atoms. The van der Waals surface area contributed by atoms with Crippen molar-refractivity contribution in [3.63, 3.8) is 0 Å². The molecule has 2 rings (SSSR count). The third kappa shape index (κ3) is 3.52. The van der Waals surface area contributed by atoms with Crippen molar-refractivity contribution in [3.8, 4) is 0 Å². The van der Waals surface area contributed by atoms with Gasteiger partial charge in [-0.15, -0.1) is 11.3 Å². The Morgan fingerprint density at radius 3 is 2.71 bits per heavy atom. The Bertz CT molecular complexity index is 334. The van der Waals surface area contributed by atoms with Gasteiger partial charge in [0.1, 0.15) is 0 Å². The van der Waals surface area contributed by atoms with E-state index in [9.17, 15) is 0 Å². The standard InChI is InChI=1S/C13H22N2OS/c1-2-11-3-4-12(17-11)9-13(15-14)10-5-7-16-8-6-10/h3-4,10,13,15H,2,5-9,14H2,1H3. The number of aryl methyl sites for hydroxylation is 1. The number of nitrogens with one attached hydrogen (secondary N) is 1. The first-order chi connectivity index (χ1) is 8.33. The topological polar surface area (TPSA) is 47.3 Å². The van der Waals surface area contributed by atoms with Gasteiger partial charge in [-0.2, -0.15) is 0 Å². The van der Waals surface area contributed by atoms with Gasteiger partial charge in [-0.25, -0.2) is 0 Å². The lowest BCUT2D eigenvalue weighted by Crippen LogP contribution is -2.44. The van der Waals surface area contributed by atoms with Crippen LogP contribution in [0.4, 0.5) is 0 Å². The van der Waals surface area contributed by atoms with Crippen LogP contribution in [0.25, 0.3) is 0 Å². The van der Waals surface area contributed by atoms with E-state index in [4.69, 9.17) is 10.6 Å². The monoisotopic (exact) mass is 254 g/mol. The number of rotatable bonds is 5. The van der Waals surface area contributed by atoms with Crippen molar-refractivity contribution in [1.82, 2.24) is 5.43 Å². The van der Waals surface area contributed by atoms with Crippen LogP contribution in [-0.2, 0) is 17.6 Å². The lowest BCUT2D eigenvalue weighted by molar-refractivity contribution is 0.0539. The molecule has 1 aliphatic rings. The van der Waals surface area contributed by atoms with Gasteiger partial charge in [0, 0.05) is 29.0 Å². The summed E-state index contributed by atoms with van der Waals surface area (Å²) < 4.78 is 5.40. The molecule has 0 amide bonds. The predicted molar refractivity (Wildman–Crippen MR) is 72.1 cm³/mol. The maximum atomic E-state index is 5.70. The van der Waals surface area contributed by atoms with Gasteiger partial charge in [-0.1, -0.05) is 6.92 Å². The Hall–Kier alpha value is -0.420. The van der Waals surface area contributed by atoms with Gasteiger partial charge in [0.25, 0.3) is 0 Å². The highest BCUT2D eigenvalue weighted by Gasteiger charge is 2.23. The van der Waals surface area contributed by atoms with Gasteiger partial charge in [0.2, 0.25) is 0 Å². The maximum absolute atomic E-state index is 5.70. The SMILES string of the molecule is CCc1ccc(CC(NN)C2CCOCC2)s1. The molecular weight excluding hydrogens is 232 g/mol. The molecule has 1 saturated heterocycles. The summed E-state index contributed by atoms with van der Waals surface area (Å²) >= 11 is 1.91. The fourth-order valence-electron chi connectivity index (χ4n) is 2.42. The maximum Gasteiger partial charge on any atom is 0.0469 e. The molecule has 96 valence electrons. The minimum absolute atomic E-state index is 0.391. The molecule has 1 atom stereocenters. The average Bonchev–Trinajstić information content (AvgIpc) is 2.84. The molecule has 1 aromatic rings. The smallest absolute Gasteiger partial charge is 0.0469 e. The summed E-state index contributed by atoms with van der Waals surface area (Å²) in [6.07, 6.45) is 4.43. The molecule has 1 aromatic heterocycles. The molecule has 2 heterocycles. The molecule has 17 heavy (non-hydrogen) atoms. The molecule has 0 radical (unpaired) electrons. The van der Waals surface area contributed by atoms with Crippen molar-refractivity contribution >= 4 is 11.3 Å². The number of hydrogen-bond donors (Lipinski definition) is 2. The first-order valence-corrected chi connectivity index (χ1v) is 7.26. The molecule has 0 aromatic carbocycles. The zero-order chi connectivity index (χ0) is 12.1. The third-order valence-corrected chi connectivity index (χ3v) is 4.79. The van der Waals surface area contributed by atoms with E-state index in [0.717, 1.165) is 38.9 Å². The van der Waals surface area contributed by atoms with E-state index in [-0.39, 0.29) is 0 Å². The summed E-state index contributed by atoms with van der Waals surface area (Å²) in [5.41, 5.74) is 3.00. The van der Waals surface area contributed by atoms with Crippen molar-refractivity contribution in [1.29, 1.82) is 0 Å². The van der Waals surface area contributed by atoms with Crippen molar-refractivity contribution in [2.45, 2.75) is 38.6 Å². The molecule has 1 unspecified atom stereocenters. The third-order valence-electron chi connectivity index (χ3n) is 3.54.